The summed E-state index contributed by atoms with van der Waals surface area (Å²) < 4.78 is 0. The van der Waals surface area contributed by atoms with E-state index in [1.54, 1.807) is 0 Å². The summed E-state index contributed by atoms with van der Waals surface area (Å²) in [6.07, 6.45) is 0. The van der Waals surface area contributed by atoms with E-state index < -0.39 is 0 Å². The molecule has 0 spiro atoms. The average Bonchev–Trinajstić information content (AvgIpc) is 0. The first-order valence-corrected chi connectivity index (χ1v) is 0. The molecule has 0 rings (SSSR count). The van der Waals surface area contributed by atoms with Gasteiger partial charge in [-0.15, -0.1) is 12.4 Å². The molecule has 0 aliphatic carbocycles. The van der Waals surface area contributed by atoms with E-state index >= 15 is 0 Å². The van der Waals surface area contributed by atoms with E-state index in [0.717, 1.165) is 0 Å². The monoisotopic (exact) mass is 156 g/mol. The zero-order valence-electron chi connectivity index (χ0n) is 4.58. The summed E-state index contributed by atoms with van der Waals surface area (Å²) >= 11 is 0. The molecule has 0 atom stereocenters. The second-order valence-corrected chi connectivity index (χ2v) is 0. The van der Waals surface area contributed by atoms with E-state index in [1.165, 1.54) is 0 Å². The van der Waals surface area contributed by atoms with Gasteiger partial charge in [-0.3, -0.25) is 0 Å². The Morgan fingerprint density at radius 2 is 0.800 bits per heavy atom. The van der Waals surface area contributed by atoms with Crippen molar-refractivity contribution in [2.75, 3.05) is 0 Å². The van der Waals surface area contributed by atoms with Crippen LogP contribution < -0.4 is 24.8 Å². The summed E-state index contributed by atoms with van der Waals surface area (Å²) in [6, 6.07) is 0. The Hall–Kier alpha value is 2.40. The molecule has 0 unspecified atom stereocenters. The van der Waals surface area contributed by atoms with E-state index in [9.17, 15) is 0 Å². The minimum atomic E-state index is 0. The molecule has 0 heterocycles. The molecule has 0 nitrogen and oxygen atoms in total. The molecule has 0 saturated heterocycles. The average molecular weight is 158 g/mol. The zero-order chi connectivity index (χ0) is 0. The van der Waals surface area contributed by atoms with Gasteiger partial charge in [-0.05, 0) is 0 Å². The Labute approximate surface area is 85.3 Å². The van der Waals surface area contributed by atoms with Crippen LogP contribution in [-0.2, 0) is 0 Å². The smallest absolute Gasteiger partial charge is 1.00 e. The fourth-order valence-electron chi connectivity index (χ4n) is 0. The van der Waals surface area contributed by atoms with Crippen LogP contribution in [0.5, 0.6) is 0 Å². The number of halogens is 3. The predicted molar refractivity (Wildman–Crippen MR) is 21.0 cm³/mol. The molecular formula is H3Cl3Mg2. The SMILES string of the molecule is Cl.[Cl-].[Cl-].[H-].[H-].[Mg+2].[Mg+2]. The maximum atomic E-state index is 0. The molecular weight excluding hydrogens is 155 g/mol. The molecule has 0 aliphatic heterocycles. The maximum absolute atomic E-state index is 0. The van der Waals surface area contributed by atoms with Gasteiger partial charge >= 0.3 is 46.1 Å². The number of hydrogen-bond acceptors (Lipinski definition) is 0. The van der Waals surface area contributed by atoms with Crippen LogP contribution in [0.25, 0.3) is 0 Å². The van der Waals surface area contributed by atoms with Crippen molar-refractivity contribution in [3.05, 3.63) is 0 Å². The van der Waals surface area contributed by atoms with Crippen molar-refractivity contribution in [3.63, 3.8) is 0 Å². The molecule has 0 N–H and O–H groups in total. The van der Waals surface area contributed by atoms with Crippen molar-refractivity contribution < 1.29 is 27.7 Å². The Morgan fingerprint density at radius 1 is 0.800 bits per heavy atom. The van der Waals surface area contributed by atoms with Crippen LogP contribution >= 0.6 is 12.4 Å². The van der Waals surface area contributed by atoms with Gasteiger partial charge in [0.1, 0.15) is 0 Å². The summed E-state index contributed by atoms with van der Waals surface area (Å²) in [6.45, 7) is 0. The van der Waals surface area contributed by atoms with Gasteiger partial charge < -0.3 is 27.7 Å². The summed E-state index contributed by atoms with van der Waals surface area (Å²) in [5.41, 5.74) is 0. The maximum Gasteiger partial charge on any atom is 2.00 e. The van der Waals surface area contributed by atoms with Gasteiger partial charge in [0.25, 0.3) is 0 Å². The molecule has 0 fully saturated rings. The zero-order valence-corrected chi connectivity index (χ0v) is 7.74. The van der Waals surface area contributed by atoms with Crippen LogP contribution in [0.2, 0.25) is 0 Å². The van der Waals surface area contributed by atoms with Crippen molar-refractivity contribution >= 4 is 58.5 Å². The number of rotatable bonds is 0. The van der Waals surface area contributed by atoms with E-state index in [0.29, 0.717) is 0 Å². The largest absolute Gasteiger partial charge is 2.00 e. The third-order valence-corrected chi connectivity index (χ3v) is 0. The summed E-state index contributed by atoms with van der Waals surface area (Å²) in [7, 11) is 0. The van der Waals surface area contributed by atoms with Gasteiger partial charge in [0.2, 0.25) is 0 Å². The third-order valence-electron chi connectivity index (χ3n) is 0. The Bertz CT molecular complexity index is 10.9. The molecule has 0 radical (unpaired) electrons. The molecule has 0 aromatic rings. The molecule has 0 aromatic carbocycles. The fourth-order valence-corrected chi connectivity index (χ4v) is 0. The first-order chi connectivity index (χ1) is 0. The van der Waals surface area contributed by atoms with Crippen LogP contribution in [0, 0.1) is 0 Å². The van der Waals surface area contributed by atoms with Gasteiger partial charge in [-0.1, -0.05) is 0 Å². The minimum Gasteiger partial charge on any atom is -1.00 e. The van der Waals surface area contributed by atoms with Crippen molar-refractivity contribution in [1.29, 1.82) is 0 Å². The quantitative estimate of drug-likeness (QED) is 0.308. The molecule has 28 valence electrons. The Balaban J connectivity index is 0. The predicted octanol–water partition coefficient (Wildman–Crippen LogP) is -6.11. The van der Waals surface area contributed by atoms with Gasteiger partial charge in [0.15, 0.2) is 0 Å². The van der Waals surface area contributed by atoms with E-state index in [1.807, 2.05) is 0 Å². The molecule has 0 saturated carbocycles. The van der Waals surface area contributed by atoms with Crippen molar-refractivity contribution in [2.45, 2.75) is 0 Å². The minimum absolute atomic E-state index is 0. The third kappa shape index (κ3) is 21.5. The molecule has 0 aromatic heterocycles. The van der Waals surface area contributed by atoms with E-state index in [4.69, 9.17) is 0 Å². The first kappa shape index (κ1) is 52.6. The molecule has 5 heavy (non-hydrogen) atoms. The summed E-state index contributed by atoms with van der Waals surface area (Å²) in [5.74, 6) is 0. The first-order valence-electron chi connectivity index (χ1n) is 0. The molecule has 0 amide bonds. The summed E-state index contributed by atoms with van der Waals surface area (Å²) in [5, 5.41) is 0. The standard InChI is InChI=1S/3ClH.2Mg.2H/h3*1H;;;;/q;;;2*+2;2*-1/p-2. The van der Waals surface area contributed by atoms with E-state index in [-0.39, 0.29) is 86.2 Å². The fraction of sp³-hybridized carbons (Fsp3) is 0. The normalized spacial score (nSPS) is 0. The molecule has 0 bridgehead atoms. The van der Waals surface area contributed by atoms with Gasteiger partial charge in [-0.25, -0.2) is 0 Å². The van der Waals surface area contributed by atoms with Crippen molar-refractivity contribution in [3.8, 4) is 0 Å². The Kier molecular flexibility index (Phi) is 340. The van der Waals surface area contributed by atoms with Crippen LogP contribution in [0.15, 0.2) is 0 Å². The topological polar surface area (TPSA) is 0 Å². The molecule has 0 aliphatic rings. The van der Waals surface area contributed by atoms with Crippen LogP contribution in [0.3, 0.4) is 0 Å². The van der Waals surface area contributed by atoms with Crippen LogP contribution in [0.4, 0.5) is 0 Å². The van der Waals surface area contributed by atoms with E-state index in [2.05, 4.69) is 0 Å². The van der Waals surface area contributed by atoms with Crippen LogP contribution in [0.1, 0.15) is 2.85 Å². The second kappa shape index (κ2) is 32.4. The van der Waals surface area contributed by atoms with Crippen molar-refractivity contribution in [1.82, 2.24) is 0 Å². The van der Waals surface area contributed by atoms with Crippen LogP contribution in [-0.4, -0.2) is 46.1 Å². The van der Waals surface area contributed by atoms with Gasteiger partial charge in [0, 0.05) is 0 Å². The second-order valence-electron chi connectivity index (χ2n) is 0. The van der Waals surface area contributed by atoms with Gasteiger partial charge in [-0.2, -0.15) is 0 Å². The van der Waals surface area contributed by atoms with Gasteiger partial charge in [0.05, 0.1) is 0 Å². The summed E-state index contributed by atoms with van der Waals surface area (Å²) in [4.78, 5) is 0. The Morgan fingerprint density at radius 3 is 0.800 bits per heavy atom. The molecule has 5 heteroatoms. The number of hydrogen-bond donors (Lipinski definition) is 0. The van der Waals surface area contributed by atoms with Crippen molar-refractivity contribution in [2.24, 2.45) is 0 Å².